The molecule has 3 aromatic rings. The fourth-order valence-electron chi connectivity index (χ4n) is 3.44. The lowest BCUT2D eigenvalue weighted by molar-refractivity contribution is -0.122. The first-order valence-corrected chi connectivity index (χ1v) is 10.2. The van der Waals surface area contributed by atoms with Crippen LogP contribution in [0.25, 0.3) is 0 Å². The lowest BCUT2D eigenvalue weighted by Gasteiger charge is -2.32. The molecule has 0 heterocycles. The molecule has 0 fully saturated rings. The molecule has 0 spiro atoms. The summed E-state index contributed by atoms with van der Waals surface area (Å²) in [4.78, 5) is 12.6. The van der Waals surface area contributed by atoms with Crippen LogP contribution in [0, 0.1) is 0 Å². The third-order valence-corrected chi connectivity index (χ3v) is 9.03. The highest BCUT2D eigenvalue weighted by molar-refractivity contribution is 7.96. The molecule has 126 valence electrons. The van der Waals surface area contributed by atoms with Crippen LogP contribution in [0.1, 0.15) is 6.92 Å². The van der Waals surface area contributed by atoms with Crippen LogP contribution in [0.3, 0.4) is 0 Å². The fourth-order valence-corrected chi connectivity index (χ4v) is 7.94. The van der Waals surface area contributed by atoms with Gasteiger partial charge in [-0.25, -0.2) is 0 Å². The van der Waals surface area contributed by atoms with Crippen LogP contribution in [0.5, 0.6) is 0 Å². The number of ether oxygens (including phenoxy) is 1. The monoisotopic (exact) mass is 349 g/mol. The topological polar surface area (TPSA) is 26.3 Å². The SMILES string of the molecule is COC(C(C)=O)[P+](c1ccccc1)(c1ccccc1)c1ccccc1. The fraction of sp³-hybridized carbons (Fsp3) is 0.136. The molecule has 0 saturated heterocycles. The minimum Gasteiger partial charge on any atom is -0.340 e. The Balaban J connectivity index is 2.42. The third-order valence-electron chi connectivity index (χ3n) is 4.41. The van der Waals surface area contributed by atoms with Gasteiger partial charge in [0.05, 0.1) is 0 Å². The quantitative estimate of drug-likeness (QED) is 0.636. The molecule has 1 unspecified atom stereocenters. The molecule has 3 heteroatoms. The number of hydrogen-bond donors (Lipinski definition) is 0. The zero-order valence-corrected chi connectivity index (χ0v) is 15.4. The number of rotatable bonds is 6. The van der Waals surface area contributed by atoms with Gasteiger partial charge in [-0.05, 0) is 36.4 Å². The van der Waals surface area contributed by atoms with Crippen LogP contribution in [-0.2, 0) is 9.53 Å². The van der Waals surface area contributed by atoms with E-state index < -0.39 is 13.1 Å². The van der Waals surface area contributed by atoms with Crippen molar-refractivity contribution in [2.75, 3.05) is 7.11 Å². The maximum absolute atomic E-state index is 12.6. The predicted octanol–water partition coefficient (Wildman–Crippen LogP) is 3.54. The molecule has 0 aliphatic rings. The average Bonchev–Trinajstić information content (AvgIpc) is 2.68. The zero-order valence-electron chi connectivity index (χ0n) is 14.5. The summed E-state index contributed by atoms with van der Waals surface area (Å²) in [5, 5.41) is 3.44. The summed E-state index contributed by atoms with van der Waals surface area (Å²) in [6, 6.07) is 30.9. The van der Waals surface area contributed by atoms with Crippen LogP contribution in [0.2, 0.25) is 0 Å². The van der Waals surface area contributed by atoms with E-state index in [0.717, 1.165) is 15.9 Å². The van der Waals surface area contributed by atoms with Crippen LogP contribution >= 0.6 is 7.26 Å². The summed E-state index contributed by atoms with van der Waals surface area (Å²) in [7, 11) is -0.657. The number of methoxy groups -OCH3 is 1. The van der Waals surface area contributed by atoms with Crippen molar-refractivity contribution in [3.05, 3.63) is 91.0 Å². The predicted molar refractivity (Wildman–Crippen MR) is 107 cm³/mol. The van der Waals surface area contributed by atoms with E-state index in [0.29, 0.717) is 0 Å². The molecule has 0 aliphatic carbocycles. The van der Waals surface area contributed by atoms with Crippen molar-refractivity contribution in [2.24, 2.45) is 0 Å². The van der Waals surface area contributed by atoms with E-state index in [9.17, 15) is 4.79 Å². The van der Waals surface area contributed by atoms with Crippen LogP contribution in [0.15, 0.2) is 91.0 Å². The maximum atomic E-state index is 12.6. The Labute approximate surface area is 149 Å². The van der Waals surface area contributed by atoms with Crippen molar-refractivity contribution in [1.82, 2.24) is 0 Å². The van der Waals surface area contributed by atoms with Crippen molar-refractivity contribution < 1.29 is 9.53 Å². The molecule has 0 aliphatic heterocycles. The molecule has 0 saturated carbocycles. The summed E-state index contributed by atoms with van der Waals surface area (Å²) in [6.45, 7) is 1.62. The second-order valence-corrected chi connectivity index (χ2v) is 9.39. The molecule has 2 nitrogen and oxygen atoms in total. The van der Waals surface area contributed by atoms with Crippen LogP contribution in [0.4, 0.5) is 0 Å². The first-order chi connectivity index (χ1) is 12.2. The molecular formula is C22H22O2P+. The van der Waals surface area contributed by atoms with E-state index >= 15 is 0 Å². The Morgan fingerprint density at radius 3 is 1.28 bits per heavy atom. The molecule has 0 bridgehead atoms. The van der Waals surface area contributed by atoms with Gasteiger partial charge in [0.25, 0.3) is 0 Å². The van der Waals surface area contributed by atoms with Gasteiger partial charge in [0, 0.05) is 14.0 Å². The van der Waals surface area contributed by atoms with Crippen molar-refractivity contribution in [1.29, 1.82) is 0 Å². The van der Waals surface area contributed by atoms with E-state index in [1.165, 1.54) is 0 Å². The van der Waals surface area contributed by atoms with Crippen molar-refractivity contribution in [3.8, 4) is 0 Å². The summed E-state index contributed by atoms with van der Waals surface area (Å²) in [6.07, 6.45) is 0. The van der Waals surface area contributed by atoms with E-state index in [-0.39, 0.29) is 5.78 Å². The molecule has 3 rings (SSSR count). The standard InChI is InChI=1S/C22H22O2P/c1-18(23)22(24-2)25(19-12-6-3-7-13-19,20-14-8-4-9-15-20)21-16-10-5-11-17-21/h3-17,22H,1-2H3/q+1. The van der Waals surface area contributed by atoms with Crippen molar-refractivity contribution in [2.45, 2.75) is 12.8 Å². The highest BCUT2D eigenvalue weighted by Crippen LogP contribution is 2.60. The van der Waals surface area contributed by atoms with Gasteiger partial charge in [-0.1, -0.05) is 54.6 Å². The van der Waals surface area contributed by atoms with Crippen molar-refractivity contribution in [3.63, 3.8) is 0 Å². The summed E-state index contributed by atoms with van der Waals surface area (Å²) < 4.78 is 5.84. The Bertz CT molecular complexity index is 720. The van der Waals surface area contributed by atoms with E-state index in [1.54, 1.807) is 14.0 Å². The van der Waals surface area contributed by atoms with E-state index in [2.05, 4.69) is 36.4 Å². The van der Waals surface area contributed by atoms with Gasteiger partial charge >= 0.3 is 0 Å². The van der Waals surface area contributed by atoms with Crippen molar-refractivity contribution >= 4 is 29.0 Å². The first-order valence-electron chi connectivity index (χ1n) is 8.30. The summed E-state index contributed by atoms with van der Waals surface area (Å²) in [5.41, 5.74) is 0. The Morgan fingerprint density at radius 1 is 0.720 bits per heavy atom. The van der Waals surface area contributed by atoms with Gasteiger partial charge in [0.15, 0.2) is 5.78 Å². The third kappa shape index (κ3) is 3.16. The number of carbonyl (C=O) groups is 1. The van der Waals surface area contributed by atoms with Gasteiger partial charge in [0.2, 0.25) is 5.85 Å². The molecule has 1 atom stereocenters. The molecule has 25 heavy (non-hydrogen) atoms. The van der Waals surface area contributed by atoms with Crippen LogP contribution < -0.4 is 15.9 Å². The number of ketones is 1. The minimum absolute atomic E-state index is 0.0485. The van der Waals surface area contributed by atoms with Gasteiger partial charge in [-0.15, -0.1) is 0 Å². The van der Waals surface area contributed by atoms with E-state index in [1.807, 2.05) is 54.6 Å². The summed E-state index contributed by atoms with van der Waals surface area (Å²) in [5.74, 6) is -0.466. The number of Topliss-reactive ketones (excluding diaryl/α,β-unsaturated/α-hetero) is 1. The van der Waals surface area contributed by atoms with Gasteiger partial charge < -0.3 is 4.74 Å². The highest BCUT2D eigenvalue weighted by Gasteiger charge is 2.55. The van der Waals surface area contributed by atoms with E-state index in [4.69, 9.17) is 4.74 Å². The average molecular weight is 349 g/mol. The molecule has 0 amide bonds. The number of hydrogen-bond acceptors (Lipinski definition) is 2. The second kappa shape index (κ2) is 7.74. The first kappa shape index (κ1) is 17.5. The largest absolute Gasteiger partial charge is 0.340 e. The Kier molecular flexibility index (Phi) is 5.43. The minimum atomic E-state index is -2.29. The molecule has 0 N–H and O–H groups in total. The molecule has 3 aromatic carbocycles. The normalized spacial score (nSPS) is 12.6. The van der Waals surface area contributed by atoms with Gasteiger partial charge in [-0.3, -0.25) is 4.79 Å². The Hall–Kier alpha value is -2.28. The van der Waals surface area contributed by atoms with Crippen LogP contribution in [-0.4, -0.2) is 18.7 Å². The number of carbonyl (C=O) groups excluding carboxylic acids is 1. The van der Waals surface area contributed by atoms with Gasteiger partial charge in [-0.2, -0.15) is 0 Å². The van der Waals surface area contributed by atoms with Gasteiger partial charge in [0.1, 0.15) is 23.2 Å². The second-order valence-electron chi connectivity index (χ2n) is 5.93. The zero-order chi connectivity index (χ0) is 17.7. The molecule has 0 radical (unpaired) electrons. The molecule has 0 aromatic heterocycles. The lowest BCUT2D eigenvalue weighted by Crippen LogP contribution is -2.42. The lowest BCUT2D eigenvalue weighted by atomic mass is 10.3. The maximum Gasteiger partial charge on any atom is 0.239 e. The number of benzene rings is 3. The Morgan fingerprint density at radius 2 is 1.04 bits per heavy atom. The summed E-state index contributed by atoms with van der Waals surface area (Å²) >= 11 is 0. The highest BCUT2D eigenvalue weighted by atomic mass is 31.2. The smallest absolute Gasteiger partial charge is 0.239 e. The molecular weight excluding hydrogens is 327 g/mol.